The highest BCUT2D eigenvalue weighted by Gasteiger charge is 2.40. The number of thiophene rings is 1. The van der Waals surface area contributed by atoms with Gasteiger partial charge in [-0.25, -0.2) is 5.06 Å². The molecule has 0 spiro atoms. The van der Waals surface area contributed by atoms with Gasteiger partial charge in [-0.15, -0.1) is 11.3 Å². The van der Waals surface area contributed by atoms with E-state index in [9.17, 15) is 0 Å². The lowest BCUT2D eigenvalue weighted by Gasteiger charge is -2.29. The molecule has 0 saturated carbocycles. The zero-order valence-corrected chi connectivity index (χ0v) is 11.2. The molecule has 0 N–H and O–H groups in total. The number of hydroxylamine groups is 1. The predicted molar refractivity (Wildman–Crippen MR) is 74.2 cm³/mol. The van der Waals surface area contributed by atoms with E-state index in [0.29, 0.717) is 12.1 Å². The molecule has 1 aromatic heterocycles. The molecule has 3 heterocycles. The van der Waals surface area contributed by atoms with Gasteiger partial charge in [-0.2, -0.15) is 0 Å². The van der Waals surface area contributed by atoms with Crippen LogP contribution in [0.25, 0.3) is 0 Å². The zero-order chi connectivity index (χ0) is 12.1. The molecule has 0 amide bonds. The number of nitrogens with zero attached hydrogens (tertiary/aromatic N) is 1. The van der Waals surface area contributed by atoms with Crippen LogP contribution in [0.1, 0.15) is 22.9 Å². The van der Waals surface area contributed by atoms with Crippen LogP contribution < -0.4 is 5.06 Å². The van der Waals surface area contributed by atoms with Gasteiger partial charge in [0.25, 0.3) is 0 Å². The Balaban J connectivity index is 1.79. The number of anilines is 1. The van der Waals surface area contributed by atoms with Crippen molar-refractivity contribution in [1.29, 1.82) is 0 Å². The molecule has 18 heavy (non-hydrogen) atoms. The molecular weight excluding hydrogens is 266 g/mol. The van der Waals surface area contributed by atoms with Crippen molar-refractivity contribution in [2.75, 3.05) is 5.06 Å². The van der Waals surface area contributed by atoms with E-state index in [2.05, 4.69) is 34.7 Å². The Morgan fingerprint density at radius 3 is 3.11 bits per heavy atom. The number of hydrogen-bond donors (Lipinski definition) is 0. The molecular formula is C14H12ClNOS. The highest BCUT2D eigenvalue weighted by Crippen LogP contribution is 2.46. The molecule has 4 rings (SSSR count). The minimum Gasteiger partial charge on any atom is -0.269 e. The van der Waals surface area contributed by atoms with Gasteiger partial charge in [0.1, 0.15) is 0 Å². The van der Waals surface area contributed by atoms with E-state index in [1.54, 1.807) is 11.3 Å². The summed E-state index contributed by atoms with van der Waals surface area (Å²) in [7, 11) is 0. The minimum absolute atomic E-state index is 0.295. The molecule has 2 aromatic rings. The third kappa shape index (κ3) is 1.58. The molecule has 1 fully saturated rings. The first kappa shape index (κ1) is 10.9. The lowest BCUT2D eigenvalue weighted by molar-refractivity contribution is 0.0736. The molecule has 92 valence electrons. The lowest BCUT2D eigenvalue weighted by Crippen LogP contribution is -2.27. The average Bonchev–Trinajstić information content (AvgIpc) is 2.97. The van der Waals surface area contributed by atoms with Gasteiger partial charge in [-0.3, -0.25) is 4.84 Å². The highest BCUT2D eigenvalue weighted by atomic mass is 35.5. The summed E-state index contributed by atoms with van der Waals surface area (Å²) in [6.45, 7) is 0. The molecule has 1 saturated heterocycles. The van der Waals surface area contributed by atoms with Gasteiger partial charge in [0.2, 0.25) is 0 Å². The fourth-order valence-electron chi connectivity index (χ4n) is 2.86. The summed E-state index contributed by atoms with van der Waals surface area (Å²) in [5.41, 5.74) is 2.48. The Bertz CT molecular complexity index is 583. The molecule has 2 aliphatic rings. The standard InChI is InChI=1S/C14H12ClNOS/c15-10-3-4-12-9(6-10)7-11-8-13(16(12)17-11)14-2-1-5-18-14/h1-6,11,13H,7-8H2/t11-,13+/m1/s1. The monoisotopic (exact) mass is 277 g/mol. The molecule has 0 aliphatic carbocycles. The van der Waals surface area contributed by atoms with Crippen molar-refractivity contribution in [2.45, 2.75) is 25.0 Å². The fourth-order valence-corrected chi connectivity index (χ4v) is 3.87. The van der Waals surface area contributed by atoms with E-state index in [4.69, 9.17) is 16.4 Å². The number of fused-ring (bicyclic) bond motifs is 4. The van der Waals surface area contributed by atoms with Gasteiger partial charge < -0.3 is 0 Å². The highest BCUT2D eigenvalue weighted by molar-refractivity contribution is 7.10. The van der Waals surface area contributed by atoms with Crippen LogP contribution in [0.4, 0.5) is 5.69 Å². The van der Waals surface area contributed by atoms with Crippen LogP contribution in [0.15, 0.2) is 35.7 Å². The topological polar surface area (TPSA) is 12.5 Å². The van der Waals surface area contributed by atoms with Crippen LogP contribution in [0.2, 0.25) is 5.02 Å². The second kappa shape index (κ2) is 3.98. The summed E-state index contributed by atoms with van der Waals surface area (Å²) in [6, 6.07) is 10.7. The molecule has 0 unspecified atom stereocenters. The van der Waals surface area contributed by atoms with Gasteiger partial charge in [-0.1, -0.05) is 17.7 Å². The van der Waals surface area contributed by atoms with Crippen LogP contribution in [0.3, 0.4) is 0 Å². The summed E-state index contributed by atoms with van der Waals surface area (Å²) in [5.74, 6) is 0. The summed E-state index contributed by atoms with van der Waals surface area (Å²) in [4.78, 5) is 7.37. The largest absolute Gasteiger partial charge is 0.269 e. The van der Waals surface area contributed by atoms with Gasteiger partial charge in [0, 0.05) is 22.7 Å². The Hall–Kier alpha value is -1.03. The van der Waals surface area contributed by atoms with Crippen molar-refractivity contribution in [2.24, 2.45) is 0 Å². The van der Waals surface area contributed by atoms with Gasteiger partial charge in [-0.05, 0) is 35.2 Å². The van der Waals surface area contributed by atoms with Crippen LogP contribution >= 0.6 is 22.9 Å². The quantitative estimate of drug-likeness (QED) is 0.774. The minimum atomic E-state index is 0.295. The number of halogens is 1. The van der Waals surface area contributed by atoms with Crippen molar-refractivity contribution in [1.82, 2.24) is 0 Å². The smallest absolute Gasteiger partial charge is 0.0933 e. The van der Waals surface area contributed by atoms with Gasteiger partial charge in [0.05, 0.1) is 17.8 Å². The van der Waals surface area contributed by atoms with E-state index in [0.717, 1.165) is 17.9 Å². The second-order valence-electron chi connectivity index (χ2n) is 4.80. The number of hydrogen-bond acceptors (Lipinski definition) is 3. The van der Waals surface area contributed by atoms with Crippen molar-refractivity contribution in [3.05, 3.63) is 51.2 Å². The van der Waals surface area contributed by atoms with Crippen molar-refractivity contribution in [3.63, 3.8) is 0 Å². The van der Waals surface area contributed by atoms with Crippen LogP contribution in [-0.4, -0.2) is 6.10 Å². The van der Waals surface area contributed by atoms with E-state index in [1.165, 1.54) is 16.1 Å². The summed E-state index contributed by atoms with van der Waals surface area (Å²) >= 11 is 7.87. The first-order chi connectivity index (χ1) is 8.81. The summed E-state index contributed by atoms with van der Waals surface area (Å²) in [5, 5.41) is 5.01. The summed E-state index contributed by atoms with van der Waals surface area (Å²) in [6.07, 6.45) is 2.32. The average molecular weight is 278 g/mol. The lowest BCUT2D eigenvalue weighted by atomic mass is 10.0. The van der Waals surface area contributed by atoms with E-state index in [1.807, 2.05) is 6.07 Å². The Morgan fingerprint density at radius 1 is 1.33 bits per heavy atom. The molecule has 2 bridgehead atoms. The first-order valence-electron chi connectivity index (χ1n) is 6.09. The van der Waals surface area contributed by atoms with Gasteiger partial charge >= 0.3 is 0 Å². The van der Waals surface area contributed by atoms with Crippen LogP contribution in [0.5, 0.6) is 0 Å². The van der Waals surface area contributed by atoms with Crippen molar-refractivity contribution >= 4 is 28.6 Å². The molecule has 0 radical (unpaired) electrons. The molecule has 2 aliphatic heterocycles. The molecule has 2 atom stereocenters. The third-order valence-corrected chi connectivity index (χ3v) is 4.84. The normalized spacial score (nSPS) is 25.3. The first-order valence-corrected chi connectivity index (χ1v) is 7.35. The van der Waals surface area contributed by atoms with Crippen molar-refractivity contribution < 1.29 is 4.84 Å². The maximum atomic E-state index is 6.07. The third-order valence-electron chi connectivity index (χ3n) is 3.63. The van der Waals surface area contributed by atoms with Crippen molar-refractivity contribution in [3.8, 4) is 0 Å². The Kier molecular flexibility index (Phi) is 2.40. The molecule has 2 nitrogen and oxygen atoms in total. The Labute approximate surface area is 115 Å². The SMILES string of the molecule is Clc1ccc2c(c1)C[C@@H]1C[C@@H](c3cccs3)N2O1. The predicted octanol–water partition coefficient (Wildman–Crippen LogP) is 4.21. The number of rotatable bonds is 1. The molecule has 4 heteroatoms. The zero-order valence-electron chi connectivity index (χ0n) is 9.67. The van der Waals surface area contributed by atoms with E-state index >= 15 is 0 Å². The van der Waals surface area contributed by atoms with E-state index in [-0.39, 0.29) is 0 Å². The maximum absolute atomic E-state index is 6.07. The maximum Gasteiger partial charge on any atom is 0.0933 e. The van der Waals surface area contributed by atoms with Gasteiger partial charge in [0.15, 0.2) is 0 Å². The van der Waals surface area contributed by atoms with Crippen LogP contribution in [-0.2, 0) is 11.3 Å². The summed E-state index contributed by atoms with van der Waals surface area (Å²) < 4.78 is 0. The second-order valence-corrected chi connectivity index (χ2v) is 6.21. The Morgan fingerprint density at radius 2 is 2.28 bits per heavy atom. The van der Waals surface area contributed by atoms with Crippen LogP contribution in [0, 0.1) is 0 Å². The fraction of sp³-hybridized carbons (Fsp3) is 0.286. The number of benzene rings is 1. The molecule has 1 aromatic carbocycles. The van der Waals surface area contributed by atoms with E-state index < -0.39 is 0 Å².